The summed E-state index contributed by atoms with van der Waals surface area (Å²) < 4.78 is 15.1. The van der Waals surface area contributed by atoms with Gasteiger partial charge in [0.05, 0.1) is 19.1 Å². The summed E-state index contributed by atoms with van der Waals surface area (Å²) in [5.74, 6) is 2.49. The molecule has 4 heterocycles. The first-order valence-electron chi connectivity index (χ1n) is 13.9. The molecule has 10 heteroatoms. The van der Waals surface area contributed by atoms with Crippen molar-refractivity contribution in [2.75, 3.05) is 29.9 Å². The zero-order chi connectivity index (χ0) is 27.1. The largest absolute Gasteiger partial charge is 0.350 e. The molecule has 3 fully saturated rings. The van der Waals surface area contributed by atoms with E-state index in [0.717, 1.165) is 48.4 Å². The third-order valence-electron chi connectivity index (χ3n) is 8.03. The Labute approximate surface area is 236 Å². The van der Waals surface area contributed by atoms with E-state index in [0.29, 0.717) is 53.9 Å². The van der Waals surface area contributed by atoms with Crippen molar-refractivity contribution in [3.8, 4) is 0 Å². The number of halogens is 1. The molecule has 6 rings (SSSR count). The second-order valence-electron chi connectivity index (χ2n) is 11.5. The molecule has 0 unspecified atom stereocenters. The highest BCUT2D eigenvalue weighted by Crippen LogP contribution is 2.48. The number of likely N-dealkylation sites (tertiary alicyclic amines) is 1. The maximum absolute atomic E-state index is 15.1. The van der Waals surface area contributed by atoms with E-state index < -0.39 is 5.67 Å². The summed E-state index contributed by atoms with van der Waals surface area (Å²) >= 11 is 1.46. The molecule has 1 aliphatic carbocycles. The van der Waals surface area contributed by atoms with E-state index in [9.17, 15) is 4.79 Å². The van der Waals surface area contributed by atoms with E-state index in [1.54, 1.807) is 0 Å². The minimum absolute atomic E-state index is 0. The van der Waals surface area contributed by atoms with Gasteiger partial charge < -0.3 is 10.2 Å². The van der Waals surface area contributed by atoms with Crippen molar-refractivity contribution >= 4 is 35.0 Å². The average molecular weight is 554 g/mol. The lowest BCUT2D eigenvalue weighted by Gasteiger charge is -2.45. The Bertz CT molecular complexity index is 1350. The number of rotatable bonds is 10. The highest BCUT2D eigenvalue weighted by Gasteiger charge is 2.54. The van der Waals surface area contributed by atoms with E-state index in [-0.39, 0.29) is 14.8 Å². The number of anilines is 3. The molecule has 0 radical (unpaired) electrons. The number of hydrogen-bond acceptors (Lipinski definition) is 8. The van der Waals surface area contributed by atoms with Crippen LogP contribution in [0, 0.1) is 12.8 Å². The first kappa shape index (κ1) is 26.3. The number of aryl methyl sites for hydroxylation is 1. The van der Waals surface area contributed by atoms with Gasteiger partial charge in [0.15, 0.2) is 16.8 Å². The number of aromatic amines is 1. The van der Waals surface area contributed by atoms with E-state index in [1.165, 1.54) is 11.8 Å². The van der Waals surface area contributed by atoms with Crippen molar-refractivity contribution in [3.63, 3.8) is 0 Å². The minimum atomic E-state index is -1.09. The SMILES string of the molecule is Cc1cc(Nc2cc(N3CC(F)(C4CC4)C3)nc(Sc3ccc(CC(=O)[C@H]4CCCN4C(C)C)cc3)n2)n[nH]1.[HH].[HH]. The number of alkyl halides is 1. The molecule has 39 heavy (non-hydrogen) atoms. The Morgan fingerprint density at radius 1 is 1.18 bits per heavy atom. The topological polar surface area (TPSA) is 90.0 Å². The van der Waals surface area contributed by atoms with Gasteiger partial charge in [0, 0.05) is 38.0 Å². The van der Waals surface area contributed by atoms with Gasteiger partial charge in [0.1, 0.15) is 17.3 Å². The van der Waals surface area contributed by atoms with Crippen LogP contribution in [-0.2, 0) is 11.2 Å². The molecule has 1 atom stereocenters. The summed E-state index contributed by atoms with van der Waals surface area (Å²) in [6.07, 6.45) is 4.46. The van der Waals surface area contributed by atoms with Crippen molar-refractivity contribution < 1.29 is 12.0 Å². The maximum Gasteiger partial charge on any atom is 0.196 e. The highest BCUT2D eigenvalue weighted by atomic mass is 32.2. The van der Waals surface area contributed by atoms with E-state index in [4.69, 9.17) is 9.97 Å². The molecule has 2 aliphatic heterocycles. The van der Waals surface area contributed by atoms with Crippen LogP contribution in [0.25, 0.3) is 0 Å². The van der Waals surface area contributed by atoms with Crippen LogP contribution in [0.3, 0.4) is 0 Å². The monoisotopic (exact) mass is 553 g/mol. The van der Waals surface area contributed by atoms with Crippen molar-refractivity contribution in [1.82, 2.24) is 25.1 Å². The molecule has 1 aromatic carbocycles. The summed E-state index contributed by atoms with van der Waals surface area (Å²) in [7, 11) is 0. The van der Waals surface area contributed by atoms with Crippen molar-refractivity contribution in [2.45, 2.75) is 80.7 Å². The predicted molar refractivity (Wildman–Crippen MR) is 156 cm³/mol. The molecule has 2 saturated heterocycles. The van der Waals surface area contributed by atoms with Gasteiger partial charge in [0.2, 0.25) is 0 Å². The summed E-state index contributed by atoms with van der Waals surface area (Å²) in [6.45, 7) is 8.01. The van der Waals surface area contributed by atoms with Crippen LogP contribution < -0.4 is 10.2 Å². The van der Waals surface area contributed by atoms with Gasteiger partial charge in [-0.15, -0.1) is 0 Å². The highest BCUT2D eigenvalue weighted by molar-refractivity contribution is 7.99. The minimum Gasteiger partial charge on any atom is -0.350 e. The van der Waals surface area contributed by atoms with Gasteiger partial charge in [0.25, 0.3) is 0 Å². The summed E-state index contributed by atoms with van der Waals surface area (Å²) in [5.41, 5.74) is 0.869. The zero-order valence-electron chi connectivity index (χ0n) is 22.8. The Morgan fingerprint density at radius 2 is 1.95 bits per heavy atom. The van der Waals surface area contributed by atoms with Crippen LogP contribution in [0.15, 0.2) is 46.5 Å². The number of H-pyrrole nitrogens is 1. The Hall–Kier alpha value is -2.98. The van der Waals surface area contributed by atoms with Gasteiger partial charge in [-0.25, -0.2) is 14.4 Å². The molecular weight excluding hydrogens is 513 g/mol. The average Bonchev–Trinajstić information content (AvgIpc) is 3.48. The lowest BCUT2D eigenvalue weighted by atomic mass is 9.91. The third kappa shape index (κ3) is 5.82. The number of nitrogens with zero attached hydrogens (tertiary/aromatic N) is 5. The molecule has 2 aromatic heterocycles. The predicted octanol–water partition coefficient (Wildman–Crippen LogP) is 5.82. The summed E-state index contributed by atoms with van der Waals surface area (Å²) in [4.78, 5) is 27.8. The van der Waals surface area contributed by atoms with Crippen LogP contribution >= 0.6 is 11.8 Å². The van der Waals surface area contributed by atoms with Crippen molar-refractivity contribution in [1.29, 1.82) is 0 Å². The molecule has 0 bridgehead atoms. The van der Waals surface area contributed by atoms with Gasteiger partial charge in [-0.3, -0.25) is 14.8 Å². The third-order valence-corrected chi connectivity index (χ3v) is 8.91. The Balaban J connectivity index is 0.00000194. The molecule has 3 aromatic rings. The van der Waals surface area contributed by atoms with Crippen LogP contribution in [0.2, 0.25) is 0 Å². The number of aromatic nitrogens is 4. The molecule has 210 valence electrons. The number of hydrogen-bond donors (Lipinski definition) is 2. The smallest absolute Gasteiger partial charge is 0.196 e. The van der Waals surface area contributed by atoms with Crippen LogP contribution in [0.4, 0.5) is 21.8 Å². The van der Waals surface area contributed by atoms with E-state index in [1.807, 2.05) is 48.2 Å². The standard InChI is InChI=1S/C29H36FN7OS.2H2/c1-18(2)37-12-4-5-23(37)24(38)14-20-6-10-22(11-7-20)39-28-32-25(31-26-13-19(3)34-35-26)15-27(33-28)36-16-29(30,17-36)21-8-9-21;;/h6-7,10-11,13,15,18,21,23H,4-5,8-9,12,14,16-17H2,1-3H3,(H2,31,32,33,34,35);2*1H/t23-;;/m1../s1. The first-order chi connectivity index (χ1) is 18.8. The van der Waals surface area contributed by atoms with Gasteiger partial charge >= 0.3 is 0 Å². The number of nitrogens with one attached hydrogen (secondary N) is 2. The number of benzene rings is 1. The summed E-state index contributed by atoms with van der Waals surface area (Å²) in [6, 6.07) is 12.3. The van der Waals surface area contributed by atoms with Crippen LogP contribution in [0.5, 0.6) is 0 Å². The van der Waals surface area contributed by atoms with E-state index in [2.05, 4.69) is 34.3 Å². The number of carbonyl (C=O) groups excluding carboxylic acids is 1. The zero-order valence-corrected chi connectivity index (χ0v) is 23.6. The first-order valence-corrected chi connectivity index (χ1v) is 14.7. The number of ketones is 1. The number of Topliss-reactive ketones (excluding diaryl/α,β-unsaturated/α-hetero) is 1. The Morgan fingerprint density at radius 3 is 2.62 bits per heavy atom. The molecule has 1 saturated carbocycles. The van der Waals surface area contributed by atoms with Gasteiger partial charge in [-0.1, -0.05) is 12.1 Å². The van der Waals surface area contributed by atoms with Crippen LogP contribution in [0.1, 0.15) is 53.6 Å². The molecule has 2 N–H and O–H groups in total. The normalized spacial score (nSPS) is 20.8. The second kappa shape index (κ2) is 10.5. The Kier molecular flexibility index (Phi) is 7.09. The molecule has 0 spiro atoms. The van der Waals surface area contributed by atoms with Gasteiger partial charge in [-0.2, -0.15) is 5.10 Å². The molecule has 0 amide bonds. The second-order valence-corrected chi connectivity index (χ2v) is 12.5. The quantitative estimate of drug-likeness (QED) is 0.304. The fourth-order valence-corrected chi connectivity index (χ4v) is 6.53. The fraction of sp³-hybridized carbons (Fsp3) is 0.517. The molecular formula is C29H40FN7OS. The summed E-state index contributed by atoms with van der Waals surface area (Å²) in [5, 5.41) is 11.0. The van der Waals surface area contributed by atoms with Crippen LogP contribution in [-0.4, -0.2) is 68.2 Å². The van der Waals surface area contributed by atoms with E-state index >= 15 is 4.39 Å². The molecule has 3 aliphatic rings. The fourth-order valence-electron chi connectivity index (χ4n) is 5.76. The van der Waals surface area contributed by atoms with Crippen molar-refractivity contribution in [2.24, 2.45) is 5.92 Å². The lowest BCUT2D eigenvalue weighted by molar-refractivity contribution is -0.123. The molecule has 8 nitrogen and oxygen atoms in total. The lowest BCUT2D eigenvalue weighted by Crippen LogP contribution is -2.60. The number of carbonyl (C=O) groups is 1. The van der Waals surface area contributed by atoms with Crippen molar-refractivity contribution in [3.05, 3.63) is 47.7 Å². The maximum atomic E-state index is 15.1. The van der Waals surface area contributed by atoms with Gasteiger partial charge in [-0.05, 0) is 88.4 Å².